The monoisotopic (exact) mass is 317 g/mol. The highest BCUT2D eigenvalue weighted by Gasteiger charge is 2.27. The third-order valence-electron chi connectivity index (χ3n) is 4.54. The normalized spacial score (nSPS) is 16.0. The summed E-state index contributed by atoms with van der Waals surface area (Å²) in [5.74, 6) is -1.33. The van der Waals surface area contributed by atoms with E-state index in [-0.39, 0.29) is 24.1 Å². The number of imidazole rings is 1. The van der Waals surface area contributed by atoms with Gasteiger partial charge in [0.2, 0.25) is 5.91 Å². The van der Waals surface area contributed by atoms with Crippen LogP contribution in [-0.4, -0.2) is 44.1 Å². The van der Waals surface area contributed by atoms with Crippen molar-refractivity contribution in [1.29, 1.82) is 0 Å². The van der Waals surface area contributed by atoms with Crippen LogP contribution in [0, 0.1) is 5.92 Å². The molecule has 1 aromatic carbocycles. The molecule has 1 fully saturated rings. The first-order valence-electron chi connectivity index (χ1n) is 7.64. The highest BCUT2D eigenvalue weighted by atomic mass is 16.4. The van der Waals surface area contributed by atoms with Crippen LogP contribution in [-0.2, 0) is 23.2 Å². The molecule has 1 aliphatic heterocycles. The average molecular weight is 317 g/mol. The molecule has 1 amide bonds. The van der Waals surface area contributed by atoms with Crippen LogP contribution in [0.5, 0.6) is 0 Å². The first-order valence-corrected chi connectivity index (χ1v) is 7.64. The number of piperidine rings is 1. The number of aliphatic carboxylic acids is 1. The number of aryl methyl sites for hydroxylation is 1. The second-order valence-corrected chi connectivity index (χ2v) is 5.91. The molecule has 0 unspecified atom stereocenters. The van der Waals surface area contributed by atoms with Crippen molar-refractivity contribution in [3.05, 3.63) is 34.7 Å². The lowest BCUT2D eigenvalue weighted by Crippen LogP contribution is -2.42. The maximum atomic E-state index is 12.5. The van der Waals surface area contributed by atoms with Crippen LogP contribution in [0.1, 0.15) is 12.8 Å². The van der Waals surface area contributed by atoms with E-state index in [1.807, 2.05) is 24.3 Å². The SMILES string of the molecule is Cn1c(=O)n(CC(=O)N2CCC(C(=O)O)CC2)c2ccccc21. The van der Waals surface area contributed by atoms with Crippen LogP contribution in [0.25, 0.3) is 11.0 Å². The molecule has 23 heavy (non-hydrogen) atoms. The molecule has 1 aromatic heterocycles. The number of benzene rings is 1. The van der Waals surface area contributed by atoms with Gasteiger partial charge in [-0.2, -0.15) is 0 Å². The molecule has 0 bridgehead atoms. The van der Waals surface area contributed by atoms with Crippen LogP contribution in [0.2, 0.25) is 0 Å². The van der Waals surface area contributed by atoms with Crippen molar-refractivity contribution < 1.29 is 14.7 Å². The molecule has 3 rings (SSSR count). The van der Waals surface area contributed by atoms with Gasteiger partial charge in [-0.3, -0.25) is 18.7 Å². The molecule has 0 spiro atoms. The summed E-state index contributed by atoms with van der Waals surface area (Å²) in [5.41, 5.74) is 1.30. The van der Waals surface area contributed by atoms with Crippen LogP contribution in [0.4, 0.5) is 0 Å². The average Bonchev–Trinajstić information content (AvgIpc) is 2.80. The van der Waals surface area contributed by atoms with Crippen LogP contribution in [0.3, 0.4) is 0 Å². The van der Waals surface area contributed by atoms with Gasteiger partial charge in [0.05, 0.1) is 17.0 Å². The van der Waals surface area contributed by atoms with Gasteiger partial charge in [-0.25, -0.2) is 4.79 Å². The topological polar surface area (TPSA) is 84.5 Å². The lowest BCUT2D eigenvalue weighted by Gasteiger charge is -2.30. The molecular weight excluding hydrogens is 298 g/mol. The molecule has 1 N–H and O–H groups in total. The quantitative estimate of drug-likeness (QED) is 0.901. The van der Waals surface area contributed by atoms with Crippen molar-refractivity contribution in [2.24, 2.45) is 13.0 Å². The Morgan fingerprint density at radius 1 is 1.17 bits per heavy atom. The second kappa shape index (κ2) is 5.91. The Labute approximate surface area is 132 Å². The summed E-state index contributed by atoms with van der Waals surface area (Å²) in [7, 11) is 1.68. The number of aromatic nitrogens is 2. The van der Waals surface area contributed by atoms with Gasteiger partial charge in [-0.1, -0.05) is 12.1 Å². The number of hydrogen-bond acceptors (Lipinski definition) is 3. The minimum absolute atomic E-state index is 0.0159. The standard InChI is InChI=1S/C16H19N3O4/c1-17-12-4-2-3-5-13(12)19(16(17)23)10-14(20)18-8-6-11(7-9-18)15(21)22/h2-5,11H,6-10H2,1H3,(H,21,22). The van der Waals surface area contributed by atoms with Crippen molar-refractivity contribution in [3.63, 3.8) is 0 Å². The number of hydrogen-bond donors (Lipinski definition) is 1. The Morgan fingerprint density at radius 3 is 2.39 bits per heavy atom. The highest BCUT2D eigenvalue weighted by Crippen LogP contribution is 2.18. The van der Waals surface area contributed by atoms with Crippen molar-refractivity contribution in [2.45, 2.75) is 19.4 Å². The smallest absolute Gasteiger partial charge is 0.329 e. The highest BCUT2D eigenvalue weighted by molar-refractivity contribution is 5.81. The summed E-state index contributed by atoms with van der Waals surface area (Å²) in [4.78, 5) is 37.4. The number of carbonyl (C=O) groups is 2. The molecule has 7 heteroatoms. The first kappa shape index (κ1) is 15.3. The molecule has 1 aliphatic rings. The Balaban J connectivity index is 1.78. The maximum Gasteiger partial charge on any atom is 0.329 e. The molecule has 0 atom stereocenters. The predicted octanol–water partition coefficient (Wildman–Crippen LogP) is 0.663. The minimum Gasteiger partial charge on any atom is -0.481 e. The summed E-state index contributed by atoms with van der Waals surface area (Å²) in [6.45, 7) is 0.836. The van der Waals surface area contributed by atoms with E-state index in [2.05, 4.69) is 0 Å². The number of carboxylic acids is 1. The van der Waals surface area contributed by atoms with Gasteiger partial charge in [0.25, 0.3) is 0 Å². The summed E-state index contributed by atoms with van der Waals surface area (Å²) >= 11 is 0. The molecular formula is C16H19N3O4. The minimum atomic E-state index is -0.803. The van der Waals surface area contributed by atoms with Crippen molar-refractivity contribution in [1.82, 2.24) is 14.0 Å². The number of nitrogens with zero attached hydrogens (tertiary/aromatic N) is 3. The van der Waals surface area contributed by atoms with Gasteiger partial charge in [0.1, 0.15) is 6.54 Å². The van der Waals surface area contributed by atoms with Gasteiger partial charge in [0, 0.05) is 20.1 Å². The predicted molar refractivity (Wildman–Crippen MR) is 84.1 cm³/mol. The third-order valence-corrected chi connectivity index (χ3v) is 4.54. The van der Waals surface area contributed by atoms with E-state index < -0.39 is 5.97 Å². The van der Waals surface area contributed by atoms with Gasteiger partial charge in [-0.15, -0.1) is 0 Å². The fourth-order valence-electron chi connectivity index (χ4n) is 3.13. The number of amides is 1. The fraction of sp³-hybridized carbons (Fsp3) is 0.438. The number of para-hydroxylation sites is 2. The molecule has 0 radical (unpaired) electrons. The van der Waals surface area contributed by atoms with Crippen molar-refractivity contribution >= 4 is 22.9 Å². The lowest BCUT2D eigenvalue weighted by molar-refractivity contribution is -0.145. The Morgan fingerprint density at radius 2 is 1.78 bits per heavy atom. The molecule has 0 saturated carbocycles. The Kier molecular flexibility index (Phi) is 3.94. The Hall–Kier alpha value is -2.57. The van der Waals surface area contributed by atoms with Gasteiger partial charge < -0.3 is 10.0 Å². The van der Waals surface area contributed by atoms with E-state index in [0.717, 1.165) is 11.0 Å². The van der Waals surface area contributed by atoms with Crippen LogP contribution >= 0.6 is 0 Å². The molecule has 1 saturated heterocycles. The molecule has 122 valence electrons. The van der Waals surface area contributed by atoms with E-state index in [4.69, 9.17) is 5.11 Å². The third kappa shape index (κ3) is 2.74. The largest absolute Gasteiger partial charge is 0.481 e. The number of fused-ring (bicyclic) bond motifs is 1. The zero-order valence-corrected chi connectivity index (χ0v) is 12.9. The molecule has 7 nitrogen and oxygen atoms in total. The van der Waals surface area contributed by atoms with Gasteiger partial charge in [0.15, 0.2) is 0 Å². The van der Waals surface area contributed by atoms with E-state index in [0.29, 0.717) is 25.9 Å². The summed E-state index contributed by atoms with van der Waals surface area (Å²) in [5, 5.41) is 9.00. The summed E-state index contributed by atoms with van der Waals surface area (Å²) < 4.78 is 3.00. The van der Waals surface area contributed by atoms with Gasteiger partial charge in [-0.05, 0) is 25.0 Å². The van der Waals surface area contributed by atoms with Crippen LogP contribution in [0.15, 0.2) is 29.1 Å². The summed E-state index contributed by atoms with van der Waals surface area (Å²) in [6, 6.07) is 7.35. The molecule has 2 aromatic rings. The maximum absolute atomic E-state index is 12.5. The molecule has 0 aliphatic carbocycles. The fourth-order valence-corrected chi connectivity index (χ4v) is 3.13. The zero-order valence-electron chi connectivity index (χ0n) is 12.9. The van der Waals surface area contributed by atoms with Crippen LogP contribution < -0.4 is 5.69 Å². The van der Waals surface area contributed by atoms with E-state index in [1.54, 1.807) is 11.9 Å². The van der Waals surface area contributed by atoms with E-state index in [9.17, 15) is 14.4 Å². The number of likely N-dealkylation sites (tertiary alicyclic amines) is 1. The number of carbonyl (C=O) groups excluding carboxylic acids is 1. The number of carboxylic acid groups (broad SMARTS) is 1. The number of rotatable bonds is 3. The van der Waals surface area contributed by atoms with Crippen molar-refractivity contribution in [3.8, 4) is 0 Å². The molecule has 2 heterocycles. The van der Waals surface area contributed by atoms with Gasteiger partial charge >= 0.3 is 11.7 Å². The van der Waals surface area contributed by atoms with E-state index >= 15 is 0 Å². The Bertz CT molecular complexity index is 812. The van der Waals surface area contributed by atoms with E-state index in [1.165, 1.54) is 9.13 Å². The lowest BCUT2D eigenvalue weighted by atomic mass is 9.97. The summed E-state index contributed by atoms with van der Waals surface area (Å²) in [6.07, 6.45) is 0.928. The van der Waals surface area contributed by atoms with Crippen molar-refractivity contribution in [2.75, 3.05) is 13.1 Å². The first-order chi connectivity index (χ1) is 11.0. The zero-order chi connectivity index (χ0) is 16.6. The second-order valence-electron chi connectivity index (χ2n) is 5.91.